The molecule has 2 aromatic rings. The van der Waals surface area contributed by atoms with E-state index in [1.165, 1.54) is 0 Å². The zero-order valence-electron chi connectivity index (χ0n) is 17.3. The monoisotopic (exact) mass is 431 g/mol. The van der Waals surface area contributed by atoms with Crippen LogP contribution in [0.1, 0.15) is 54.6 Å². The number of likely N-dealkylation sites (tertiary alicyclic amines) is 1. The molecule has 6 nitrogen and oxygen atoms in total. The molecule has 1 saturated heterocycles. The van der Waals surface area contributed by atoms with Crippen molar-refractivity contribution in [3.8, 4) is 5.75 Å². The van der Waals surface area contributed by atoms with Crippen LogP contribution in [0.5, 0.6) is 5.75 Å². The van der Waals surface area contributed by atoms with Crippen molar-refractivity contribution in [1.29, 1.82) is 0 Å². The smallest absolute Gasteiger partial charge is 0.253 e. The minimum absolute atomic E-state index is 0. The third kappa shape index (κ3) is 6.21. The quantitative estimate of drug-likeness (QED) is 0.689. The van der Waals surface area contributed by atoms with Gasteiger partial charge >= 0.3 is 0 Å². The number of nitrogens with one attached hydrogen (secondary N) is 1. The fourth-order valence-electron chi connectivity index (χ4n) is 3.54. The van der Waals surface area contributed by atoms with Gasteiger partial charge in [-0.15, -0.1) is 12.4 Å². The van der Waals surface area contributed by atoms with Crippen molar-refractivity contribution in [1.82, 2.24) is 4.90 Å². The van der Waals surface area contributed by atoms with Crippen LogP contribution in [0.3, 0.4) is 0 Å². The summed E-state index contributed by atoms with van der Waals surface area (Å²) in [6.07, 6.45) is 3.36. The van der Waals surface area contributed by atoms with E-state index in [4.69, 9.17) is 10.5 Å². The highest BCUT2D eigenvalue weighted by molar-refractivity contribution is 5.98. The van der Waals surface area contributed by atoms with Crippen molar-refractivity contribution in [3.63, 3.8) is 0 Å². The maximum absolute atomic E-state index is 12.8. The minimum Gasteiger partial charge on any atom is -0.492 e. The van der Waals surface area contributed by atoms with E-state index >= 15 is 0 Å². The van der Waals surface area contributed by atoms with Crippen molar-refractivity contribution in [2.45, 2.75) is 38.6 Å². The van der Waals surface area contributed by atoms with Gasteiger partial charge in [-0.3, -0.25) is 9.59 Å². The van der Waals surface area contributed by atoms with E-state index < -0.39 is 6.04 Å². The van der Waals surface area contributed by atoms with Crippen LogP contribution >= 0.6 is 12.4 Å². The molecule has 0 spiro atoms. The average Bonchev–Trinajstić information content (AvgIpc) is 2.75. The average molecular weight is 432 g/mol. The summed E-state index contributed by atoms with van der Waals surface area (Å²) in [5, 5.41) is 2.88. The predicted molar refractivity (Wildman–Crippen MR) is 121 cm³/mol. The minimum atomic E-state index is -0.398. The molecule has 1 atom stereocenters. The number of benzene rings is 2. The Kier molecular flexibility index (Phi) is 9.15. The molecule has 1 aliphatic rings. The standard InChI is InChI=1S/C23H29N3O3.ClH/c1-2-29-21-12-11-18(23(28)26-13-7-4-8-14-26)15-20(21)25-22(27)16-19(24)17-9-5-3-6-10-17;/h3,5-6,9-12,15,19H,2,4,7-8,13-14,16,24H2,1H3,(H,25,27);1H. The third-order valence-electron chi connectivity index (χ3n) is 5.08. The van der Waals surface area contributed by atoms with Gasteiger partial charge in [-0.2, -0.15) is 0 Å². The lowest BCUT2D eigenvalue weighted by atomic mass is 10.0. The fourth-order valence-corrected chi connectivity index (χ4v) is 3.54. The van der Waals surface area contributed by atoms with E-state index in [9.17, 15) is 9.59 Å². The van der Waals surface area contributed by atoms with Crippen LogP contribution in [0.25, 0.3) is 0 Å². The molecule has 0 saturated carbocycles. The van der Waals surface area contributed by atoms with Gasteiger partial charge in [0.2, 0.25) is 5.91 Å². The molecule has 7 heteroatoms. The van der Waals surface area contributed by atoms with Crippen LogP contribution in [0.2, 0.25) is 0 Å². The van der Waals surface area contributed by atoms with Gasteiger partial charge in [-0.1, -0.05) is 30.3 Å². The molecule has 1 aliphatic heterocycles. The number of hydrogen-bond acceptors (Lipinski definition) is 4. The number of carbonyl (C=O) groups excluding carboxylic acids is 2. The maximum Gasteiger partial charge on any atom is 0.253 e. The van der Waals surface area contributed by atoms with Crippen molar-refractivity contribution < 1.29 is 14.3 Å². The highest BCUT2D eigenvalue weighted by Gasteiger charge is 2.20. The summed E-state index contributed by atoms with van der Waals surface area (Å²) in [6, 6.07) is 14.3. The van der Waals surface area contributed by atoms with Crippen molar-refractivity contribution in [2.75, 3.05) is 25.0 Å². The van der Waals surface area contributed by atoms with E-state index in [-0.39, 0.29) is 30.6 Å². The van der Waals surface area contributed by atoms with Gasteiger partial charge in [0.15, 0.2) is 0 Å². The first-order valence-corrected chi connectivity index (χ1v) is 10.2. The summed E-state index contributed by atoms with van der Waals surface area (Å²) >= 11 is 0. The first kappa shape index (κ1) is 23.7. The van der Waals surface area contributed by atoms with Crippen LogP contribution < -0.4 is 15.8 Å². The summed E-state index contributed by atoms with van der Waals surface area (Å²) in [6.45, 7) is 3.90. The first-order valence-electron chi connectivity index (χ1n) is 10.2. The third-order valence-corrected chi connectivity index (χ3v) is 5.08. The Balaban J connectivity index is 0.00000320. The number of nitrogens with two attached hydrogens (primary N) is 1. The second kappa shape index (κ2) is 11.6. The second-order valence-corrected chi connectivity index (χ2v) is 7.27. The normalized spacial score (nSPS) is 14.4. The molecule has 3 rings (SSSR count). The van der Waals surface area contributed by atoms with Gasteiger partial charge in [0, 0.05) is 31.1 Å². The van der Waals surface area contributed by atoms with Crippen LogP contribution in [0.4, 0.5) is 5.69 Å². The van der Waals surface area contributed by atoms with E-state index in [0.29, 0.717) is 23.6 Å². The predicted octanol–water partition coefficient (Wildman–Crippen LogP) is 4.16. The van der Waals surface area contributed by atoms with Gasteiger partial charge in [0.1, 0.15) is 5.75 Å². The zero-order valence-corrected chi connectivity index (χ0v) is 18.1. The molecule has 1 heterocycles. The second-order valence-electron chi connectivity index (χ2n) is 7.27. The molecule has 2 amide bonds. The number of rotatable bonds is 7. The first-order chi connectivity index (χ1) is 14.1. The molecule has 3 N–H and O–H groups in total. The number of ether oxygens (including phenoxy) is 1. The Hall–Kier alpha value is -2.57. The van der Waals surface area contributed by atoms with Crippen molar-refractivity contribution in [2.24, 2.45) is 5.73 Å². The summed E-state index contributed by atoms with van der Waals surface area (Å²) in [5.41, 5.74) is 8.13. The SMILES string of the molecule is CCOc1ccc(C(=O)N2CCCCC2)cc1NC(=O)CC(N)c1ccccc1.Cl. The molecule has 1 fully saturated rings. The molecule has 0 aromatic heterocycles. The number of anilines is 1. The number of amides is 2. The molecule has 30 heavy (non-hydrogen) atoms. The molecule has 0 bridgehead atoms. The lowest BCUT2D eigenvalue weighted by Crippen LogP contribution is -2.35. The molecule has 0 aliphatic carbocycles. The van der Waals surface area contributed by atoms with Crippen molar-refractivity contribution >= 4 is 29.9 Å². The molecule has 2 aromatic carbocycles. The maximum atomic E-state index is 12.8. The topological polar surface area (TPSA) is 84.7 Å². The van der Waals surface area contributed by atoms with Gasteiger partial charge < -0.3 is 20.7 Å². The summed E-state index contributed by atoms with van der Waals surface area (Å²) in [7, 11) is 0. The number of nitrogens with zero attached hydrogens (tertiary/aromatic N) is 1. The Morgan fingerprint density at radius 1 is 1.10 bits per heavy atom. The Morgan fingerprint density at radius 2 is 1.80 bits per heavy atom. The largest absolute Gasteiger partial charge is 0.492 e. The number of hydrogen-bond donors (Lipinski definition) is 2. The van der Waals surface area contributed by atoms with E-state index in [1.54, 1.807) is 18.2 Å². The molecular weight excluding hydrogens is 402 g/mol. The van der Waals surface area contributed by atoms with Crippen LogP contribution in [0.15, 0.2) is 48.5 Å². The number of halogens is 1. The summed E-state index contributed by atoms with van der Waals surface area (Å²) < 4.78 is 5.64. The summed E-state index contributed by atoms with van der Waals surface area (Å²) in [5.74, 6) is 0.318. The highest BCUT2D eigenvalue weighted by Crippen LogP contribution is 2.28. The molecule has 1 unspecified atom stereocenters. The van der Waals surface area contributed by atoms with E-state index in [2.05, 4.69) is 5.32 Å². The van der Waals surface area contributed by atoms with Crippen LogP contribution in [0, 0.1) is 0 Å². The number of piperidine rings is 1. The summed E-state index contributed by atoms with van der Waals surface area (Å²) in [4.78, 5) is 27.3. The van der Waals surface area contributed by atoms with Gasteiger partial charge in [0.25, 0.3) is 5.91 Å². The van der Waals surface area contributed by atoms with Gasteiger partial charge in [0.05, 0.1) is 12.3 Å². The van der Waals surface area contributed by atoms with E-state index in [0.717, 1.165) is 37.9 Å². The van der Waals surface area contributed by atoms with Crippen LogP contribution in [-0.2, 0) is 4.79 Å². The van der Waals surface area contributed by atoms with Gasteiger partial charge in [-0.25, -0.2) is 0 Å². The van der Waals surface area contributed by atoms with E-state index in [1.807, 2.05) is 42.2 Å². The Labute approximate surface area is 184 Å². The Morgan fingerprint density at radius 3 is 2.47 bits per heavy atom. The molecular formula is C23H30ClN3O3. The zero-order chi connectivity index (χ0) is 20.6. The highest BCUT2D eigenvalue weighted by atomic mass is 35.5. The lowest BCUT2D eigenvalue weighted by molar-refractivity contribution is -0.116. The lowest BCUT2D eigenvalue weighted by Gasteiger charge is -2.27. The van der Waals surface area contributed by atoms with Crippen molar-refractivity contribution in [3.05, 3.63) is 59.7 Å². The van der Waals surface area contributed by atoms with Crippen LogP contribution in [-0.4, -0.2) is 36.4 Å². The fraction of sp³-hybridized carbons (Fsp3) is 0.391. The number of carbonyl (C=O) groups is 2. The molecule has 162 valence electrons. The Bertz CT molecular complexity index is 839. The van der Waals surface area contributed by atoms with Gasteiger partial charge in [-0.05, 0) is 49.9 Å². The molecule has 0 radical (unpaired) electrons.